The van der Waals surface area contributed by atoms with E-state index in [0.717, 1.165) is 61.0 Å². The number of benzene rings is 2. The number of nitrogens with zero attached hydrogens (tertiary/aromatic N) is 2. The molecule has 0 atom stereocenters. The first-order valence-corrected chi connectivity index (χ1v) is 10.7. The molecule has 1 amide bonds. The van der Waals surface area contributed by atoms with Gasteiger partial charge < -0.3 is 19.1 Å². The van der Waals surface area contributed by atoms with Crippen LogP contribution in [0.3, 0.4) is 0 Å². The Hall–Kier alpha value is -2.41. The molecule has 0 saturated carbocycles. The molecule has 1 saturated heterocycles. The number of carbonyl (C=O) groups is 1. The predicted octanol–water partition coefficient (Wildman–Crippen LogP) is 3.34. The van der Waals surface area contributed by atoms with Gasteiger partial charge in [-0.1, -0.05) is 24.3 Å². The summed E-state index contributed by atoms with van der Waals surface area (Å²) in [6.45, 7) is 9.42. The lowest BCUT2D eigenvalue weighted by Crippen LogP contribution is -2.43. The molecule has 0 N–H and O–H groups in total. The third-order valence-corrected chi connectivity index (χ3v) is 5.44. The predicted molar refractivity (Wildman–Crippen MR) is 117 cm³/mol. The molecule has 0 radical (unpaired) electrons. The largest absolute Gasteiger partial charge is 0.491 e. The summed E-state index contributed by atoms with van der Waals surface area (Å²) in [7, 11) is 0. The van der Waals surface area contributed by atoms with Gasteiger partial charge in [-0.05, 0) is 43.2 Å². The zero-order chi connectivity index (χ0) is 20.9. The van der Waals surface area contributed by atoms with E-state index in [-0.39, 0.29) is 18.6 Å². The zero-order valence-electron chi connectivity index (χ0n) is 17.8. The van der Waals surface area contributed by atoms with Crippen molar-refractivity contribution in [2.24, 2.45) is 0 Å². The standard InChI is InChI=1S/C24H30N2O4/c1-18(2)30-22-5-3-4-19(14-22)20-6-7-21-16-29-17-24(27)26(23(21)15-20)9-8-25-10-12-28-13-11-25/h3-7,14-15,18H,8-13,16-17H2,1-2H3. The highest BCUT2D eigenvalue weighted by Gasteiger charge is 2.24. The van der Waals surface area contributed by atoms with Crippen LogP contribution in [0.2, 0.25) is 0 Å². The van der Waals surface area contributed by atoms with Crippen molar-refractivity contribution in [1.29, 1.82) is 0 Å². The summed E-state index contributed by atoms with van der Waals surface area (Å²) in [5.74, 6) is 0.858. The molecule has 6 nitrogen and oxygen atoms in total. The topological polar surface area (TPSA) is 51.2 Å². The number of rotatable bonds is 6. The second-order valence-corrected chi connectivity index (χ2v) is 8.03. The van der Waals surface area contributed by atoms with Crippen LogP contribution < -0.4 is 9.64 Å². The van der Waals surface area contributed by atoms with Gasteiger partial charge in [-0.2, -0.15) is 0 Å². The molecule has 2 aliphatic rings. The molecule has 0 aliphatic carbocycles. The van der Waals surface area contributed by atoms with Gasteiger partial charge in [-0.25, -0.2) is 0 Å². The molecule has 2 aliphatic heterocycles. The monoisotopic (exact) mass is 410 g/mol. The first-order valence-electron chi connectivity index (χ1n) is 10.7. The Morgan fingerprint density at radius 3 is 2.57 bits per heavy atom. The average Bonchev–Trinajstić information content (AvgIpc) is 2.90. The Labute approximate surface area is 178 Å². The second kappa shape index (κ2) is 9.60. The van der Waals surface area contributed by atoms with E-state index < -0.39 is 0 Å². The Kier molecular flexibility index (Phi) is 6.67. The smallest absolute Gasteiger partial charge is 0.253 e. The number of hydrogen-bond acceptors (Lipinski definition) is 5. The molecule has 0 aromatic heterocycles. The maximum absolute atomic E-state index is 12.8. The van der Waals surface area contributed by atoms with E-state index in [1.54, 1.807) is 0 Å². The minimum absolute atomic E-state index is 0.0102. The fourth-order valence-electron chi connectivity index (χ4n) is 3.91. The molecule has 0 bridgehead atoms. The summed E-state index contributed by atoms with van der Waals surface area (Å²) in [4.78, 5) is 17.0. The van der Waals surface area contributed by atoms with Crippen LogP contribution in [0.4, 0.5) is 5.69 Å². The van der Waals surface area contributed by atoms with Gasteiger partial charge in [0.25, 0.3) is 5.91 Å². The first-order chi connectivity index (χ1) is 14.6. The highest BCUT2D eigenvalue weighted by molar-refractivity contribution is 5.96. The third kappa shape index (κ3) is 5.01. The van der Waals surface area contributed by atoms with E-state index in [9.17, 15) is 4.79 Å². The number of ether oxygens (including phenoxy) is 3. The van der Waals surface area contributed by atoms with Crippen molar-refractivity contribution in [2.75, 3.05) is 50.9 Å². The minimum atomic E-state index is 0.0102. The van der Waals surface area contributed by atoms with Crippen molar-refractivity contribution in [3.8, 4) is 16.9 Å². The van der Waals surface area contributed by atoms with Crippen molar-refractivity contribution in [2.45, 2.75) is 26.6 Å². The summed E-state index contributed by atoms with van der Waals surface area (Å²) in [5.41, 5.74) is 4.12. The van der Waals surface area contributed by atoms with E-state index in [1.807, 2.05) is 30.9 Å². The average molecular weight is 411 g/mol. The molecule has 2 aromatic rings. The second-order valence-electron chi connectivity index (χ2n) is 8.03. The highest BCUT2D eigenvalue weighted by atomic mass is 16.5. The molecule has 2 heterocycles. The number of anilines is 1. The van der Waals surface area contributed by atoms with Gasteiger partial charge in [0.2, 0.25) is 0 Å². The maximum Gasteiger partial charge on any atom is 0.253 e. The first kappa shape index (κ1) is 20.8. The van der Waals surface area contributed by atoms with E-state index in [0.29, 0.717) is 13.2 Å². The van der Waals surface area contributed by atoms with Crippen molar-refractivity contribution in [3.63, 3.8) is 0 Å². The quantitative estimate of drug-likeness (QED) is 0.731. The molecule has 30 heavy (non-hydrogen) atoms. The number of morpholine rings is 1. The van der Waals surface area contributed by atoms with Crippen LogP contribution in [0.5, 0.6) is 5.75 Å². The zero-order valence-corrected chi connectivity index (χ0v) is 17.8. The summed E-state index contributed by atoms with van der Waals surface area (Å²) in [5, 5.41) is 0. The molecule has 4 rings (SSSR count). The van der Waals surface area contributed by atoms with Crippen molar-refractivity contribution >= 4 is 11.6 Å². The molecule has 1 fully saturated rings. The third-order valence-electron chi connectivity index (χ3n) is 5.44. The molecule has 160 valence electrons. The van der Waals surface area contributed by atoms with E-state index in [2.05, 4.69) is 35.2 Å². The van der Waals surface area contributed by atoms with Gasteiger partial charge in [-0.3, -0.25) is 9.69 Å². The molecular weight excluding hydrogens is 380 g/mol. The van der Waals surface area contributed by atoms with Gasteiger partial charge in [0.1, 0.15) is 12.4 Å². The van der Waals surface area contributed by atoms with E-state index in [1.165, 1.54) is 0 Å². The number of amides is 1. The summed E-state index contributed by atoms with van der Waals surface area (Å²) in [6, 6.07) is 14.4. The molecule has 6 heteroatoms. The SMILES string of the molecule is CC(C)Oc1cccc(-c2ccc3c(c2)N(CCN2CCOCC2)C(=O)COC3)c1. The summed E-state index contributed by atoms with van der Waals surface area (Å²) >= 11 is 0. The van der Waals surface area contributed by atoms with Gasteiger partial charge in [0.05, 0.1) is 25.9 Å². The molecule has 0 unspecified atom stereocenters. The van der Waals surface area contributed by atoms with E-state index in [4.69, 9.17) is 14.2 Å². The van der Waals surface area contributed by atoms with Crippen molar-refractivity contribution in [3.05, 3.63) is 48.0 Å². The Morgan fingerprint density at radius 2 is 1.77 bits per heavy atom. The maximum atomic E-state index is 12.8. The Morgan fingerprint density at radius 1 is 0.967 bits per heavy atom. The van der Waals surface area contributed by atoms with Crippen LogP contribution in [-0.4, -0.2) is 62.9 Å². The molecular formula is C24H30N2O4. The van der Waals surface area contributed by atoms with Crippen LogP contribution in [0.1, 0.15) is 19.4 Å². The van der Waals surface area contributed by atoms with Crippen molar-refractivity contribution < 1.29 is 19.0 Å². The molecule has 2 aromatic carbocycles. The minimum Gasteiger partial charge on any atom is -0.491 e. The fraction of sp³-hybridized carbons (Fsp3) is 0.458. The van der Waals surface area contributed by atoms with Crippen molar-refractivity contribution in [1.82, 2.24) is 4.90 Å². The normalized spacial score (nSPS) is 17.7. The summed E-state index contributed by atoms with van der Waals surface area (Å²) < 4.78 is 16.9. The summed E-state index contributed by atoms with van der Waals surface area (Å²) in [6.07, 6.45) is 0.123. The van der Waals surface area contributed by atoms with Gasteiger partial charge in [-0.15, -0.1) is 0 Å². The number of hydrogen-bond donors (Lipinski definition) is 0. The van der Waals surface area contributed by atoms with Gasteiger partial charge >= 0.3 is 0 Å². The van der Waals surface area contributed by atoms with Crippen LogP contribution in [0.25, 0.3) is 11.1 Å². The van der Waals surface area contributed by atoms with Crippen LogP contribution in [0, 0.1) is 0 Å². The lowest BCUT2D eigenvalue weighted by Gasteiger charge is -2.30. The Bertz CT molecular complexity index is 877. The lowest BCUT2D eigenvalue weighted by molar-refractivity contribution is -0.123. The fourth-order valence-corrected chi connectivity index (χ4v) is 3.91. The number of carbonyl (C=O) groups excluding carboxylic acids is 1. The lowest BCUT2D eigenvalue weighted by atomic mass is 10.0. The Balaban J connectivity index is 1.60. The van der Waals surface area contributed by atoms with Gasteiger partial charge in [0, 0.05) is 37.4 Å². The van der Waals surface area contributed by atoms with Crippen LogP contribution in [-0.2, 0) is 20.9 Å². The highest BCUT2D eigenvalue weighted by Crippen LogP contribution is 2.32. The van der Waals surface area contributed by atoms with E-state index >= 15 is 0 Å². The van der Waals surface area contributed by atoms with Crippen LogP contribution in [0.15, 0.2) is 42.5 Å². The van der Waals surface area contributed by atoms with Gasteiger partial charge in [0.15, 0.2) is 0 Å². The molecule has 0 spiro atoms. The van der Waals surface area contributed by atoms with Crippen LogP contribution >= 0.6 is 0 Å². The number of fused-ring (bicyclic) bond motifs is 1.